The molecule has 2 N–H and O–H groups in total. The highest BCUT2D eigenvalue weighted by molar-refractivity contribution is 6.02. The van der Waals surface area contributed by atoms with E-state index in [9.17, 15) is 14.4 Å². The minimum Gasteiger partial charge on any atom is -0.375 e. The average Bonchev–Trinajstić information content (AvgIpc) is 2.91. The van der Waals surface area contributed by atoms with Crippen molar-refractivity contribution in [1.82, 2.24) is 15.5 Å². The van der Waals surface area contributed by atoms with E-state index in [1.54, 1.807) is 12.1 Å². The maximum atomic E-state index is 12.1. The van der Waals surface area contributed by atoms with E-state index in [1.165, 1.54) is 0 Å². The molecule has 7 nitrogen and oxygen atoms in total. The van der Waals surface area contributed by atoms with Crippen LogP contribution in [0, 0.1) is 0 Å². The number of urea groups is 1. The molecule has 0 aromatic heterocycles. The molecule has 0 atom stereocenters. The predicted molar refractivity (Wildman–Crippen MR) is 92.1 cm³/mol. The fourth-order valence-electron chi connectivity index (χ4n) is 2.46. The molecule has 1 aromatic carbocycles. The van der Waals surface area contributed by atoms with E-state index in [2.05, 4.69) is 22.5 Å². The number of hydrogen-bond donors (Lipinski definition) is 2. The van der Waals surface area contributed by atoms with Crippen LogP contribution in [-0.4, -0.2) is 56.0 Å². The van der Waals surface area contributed by atoms with E-state index in [1.807, 2.05) is 19.2 Å². The van der Waals surface area contributed by atoms with Gasteiger partial charge in [-0.1, -0.05) is 13.3 Å². The zero-order valence-corrected chi connectivity index (χ0v) is 14.2. The van der Waals surface area contributed by atoms with Gasteiger partial charge >= 0.3 is 6.03 Å². The fourth-order valence-corrected chi connectivity index (χ4v) is 2.46. The van der Waals surface area contributed by atoms with Gasteiger partial charge < -0.3 is 15.5 Å². The van der Waals surface area contributed by atoms with Crippen molar-refractivity contribution in [2.45, 2.75) is 19.8 Å². The quantitative estimate of drug-likeness (QED) is 0.701. The van der Waals surface area contributed by atoms with Gasteiger partial charge in [0.2, 0.25) is 5.91 Å². The zero-order chi connectivity index (χ0) is 17.5. The first-order valence-electron chi connectivity index (χ1n) is 8.20. The lowest BCUT2D eigenvalue weighted by molar-refractivity contribution is -0.124. The van der Waals surface area contributed by atoms with Crippen molar-refractivity contribution < 1.29 is 14.4 Å². The van der Waals surface area contributed by atoms with E-state index in [-0.39, 0.29) is 31.4 Å². The van der Waals surface area contributed by atoms with Gasteiger partial charge in [0.1, 0.15) is 0 Å². The third-order valence-electron chi connectivity index (χ3n) is 3.98. The molecule has 0 saturated carbocycles. The summed E-state index contributed by atoms with van der Waals surface area (Å²) in [5.41, 5.74) is 1.62. The molecule has 130 valence electrons. The number of nitrogens with one attached hydrogen (secondary N) is 2. The van der Waals surface area contributed by atoms with Gasteiger partial charge in [0, 0.05) is 37.9 Å². The molecule has 1 aromatic rings. The first kappa shape index (κ1) is 17.8. The second kappa shape index (κ2) is 8.33. The number of carbonyl (C=O) groups excluding carboxylic acids is 3. The number of imide groups is 1. The van der Waals surface area contributed by atoms with Crippen LogP contribution >= 0.6 is 0 Å². The number of anilines is 1. The molecule has 0 unspecified atom stereocenters. The van der Waals surface area contributed by atoms with Crippen LogP contribution in [0.2, 0.25) is 0 Å². The molecular formula is C17H24N4O3. The van der Waals surface area contributed by atoms with Crippen molar-refractivity contribution in [3.8, 4) is 0 Å². The Hall–Kier alpha value is -2.57. The third kappa shape index (κ3) is 4.47. The van der Waals surface area contributed by atoms with Crippen LogP contribution in [0.4, 0.5) is 10.5 Å². The monoisotopic (exact) mass is 332 g/mol. The molecule has 0 radical (unpaired) electrons. The molecule has 1 heterocycles. The summed E-state index contributed by atoms with van der Waals surface area (Å²) in [4.78, 5) is 38.2. The number of nitrogens with zero attached hydrogens (tertiary/aromatic N) is 2. The summed E-state index contributed by atoms with van der Waals surface area (Å²) in [7, 11) is 2.03. The van der Waals surface area contributed by atoms with Gasteiger partial charge in [0.05, 0.1) is 6.54 Å². The Balaban J connectivity index is 1.82. The smallest absolute Gasteiger partial charge is 0.324 e. The molecule has 1 aliphatic heterocycles. The molecular weight excluding hydrogens is 308 g/mol. The number of amides is 4. The first-order valence-corrected chi connectivity index (χ1v) is 8.20. The zero-order valence-electron chi connectivity index (χ0n) is 14.2. The lowest BCUT2D eigenvalue weighted by atomic mass is 10.2. The molecule has 0 spiro atoms. The molecule has 1 fully saturated rings. The Bertz CT molecular complexity index is 584. The molecule has 7 heteroatoms. The molecule has 0 bridgehead atoms. The van der Waals surface area contributed by atoms with Crippen LogP contribution in [-0.2, 0) is 4.79 Å². The third-order valence-corrected chi connectivity index (χ3v) is 3.98. The summed E-state index contributed by atoms with van der Waals surface area (Å²) in [5.74, 6) is -0.487. The van der Waals surface area contributed by atoms with E-state index < -0.39 is 6.03 Å². The van der Waals surface area contributed by atoms with Crippen molar-refractivity contribution >= 4 is 23.5 Å². The Morgan fingerprint density at radius 3 is 2.58 bits per heavy atom. The molecule has 4 amide bonds. The molecule has 1 aliphatic rings. The summed E-state index contributed by atoms with van der Waals surface area (Å²) >= 11 is 0. The summed E-state index contributed by atoms with van der Waals surface area (Å²) in [6.07, 6.45) is 2.27. The van der Waals surface area contributed by atoms with Gasteiger partial charge in [-0.05, 0) is 30.7 Å². The lowest BCUT2D eigenvalue weighted by Crippen LogP contribution is -2.38. The Kier molecular flexibility index (Phi) is 6.17. The summed E-state index contributed by atoms with van der Waals surface area (Å²) in [5, 5.41) is 5.16. The van der Waals surface area contributed by atoms with Gasteiger partial charge in [0.25, 0.3) is 5.91 Å². The lowest BCUT2D eigenvalue weighted by Gasteiger charge is -2.19. The van der Waals surface area contributed by atoms with Crippen LogP contribution in [0.25, 0.3) is 0 Å². The Labute approximate surface area is 142 Å². The Morgan fingerprint density at radius 2 is 2.00 bits per heavy atom. The van der Waals surface area contributed by atoms with Gasteiger partial charge in [-0.2, -0.15) is 0 Å². The van der Waals surface area contributed by atoms with Crippen molar-refractivity contribution in [2.24, 2.45) is 0 Å². The largest absolute Gasteiger partial charge is 0.375 e. The van der Waals surface area contributed by atoms with Gasteiger partial charge in [0.15, 0.2) is 0 Å². The van der Waals surface area contributed by atoms with Crippen molar-refractivity contribution in [2.75, 3.05) is 38.1 Å². The minimum atomic E-state index is -0.409. The maximum Gasteiger partial charge on any atom is 0.324 e. The summed E-state index contributed by atoms with van der Waals surface area (Å²) in [6, 6.07) is 6.99. The van der Waals surface area contributed by atoms with Crippen molar-refractivity contribution in [3.05, 3.63) is 29.8 Å². The highest BCUT2D eigenvalue weighted by Crippen LogP contribution is 2.14. The fraction of sp³-hybridized carbons (Fsp3) is 0.471. The standard InChI is InChI=1S/C17H24N4O3/c1-3-4-10-20(2)14-7-5-13(6-8-14)16(23)18-9-11-21-15(22)12-19-17(21)24/h5-8H,3-4,9-12H2,1-2H3,(H,18,23)(H,19,24). The topological polar surface area (TPSA) is 81.8 Å². The van der Waals surface area contributed by atoms with Crippen LogP contribution in [0.1, 0.15) is 30.1 Å². The van der Waals surface area contributed by atoms with E-state index >= 15 is 0 Å². The molecule has 0 aliphatic carbocycles. The van der Waals surface area contributed by atoms with Crippen molar-refractivity contribution in [3.63, 3.8) is 0 Å². The molecule has 1 saturated heterocycles. The van der Waals surface area contributed by atoms with Crippen LogP contribution in [0.15, 0.2) is 24.3 Å². The van der Waals surface area contributed by atoms with E-state index in [0.717, 1.165) is 30.0 Å². The van der Waals surface area contributed by atoms with Crippen LogP contribution in [0.5, 0.6) is 0 Å². The molecule has 24 heavy (non-hydrogen) atoms. The highest BCUT2D eigenvalue weighted by atomic mass is 16.2. The summed E-state index contributed by atoms with van der Waals surface area (Å²) < 4.78 is 0. The predicted octanol–water partition coefficient (Wildman–Crippen LogP) is 1.20. The van der Waals surface area contributed by atoms with Crippen molar-refractivity contribution in [1.29, 1.82) is 0 Å². The number of benzene rings is 1. The van der Waals surface area contributed by atoms with E-state index in [4.69, 9.17) is 0 Å². The van der Waals surface area contributed by atoms with Gasteiger partial charge in [-0.25, -0.2) is 4.79 Å². The van der Waals surface area contributed by atoms with E-state index in [0.29, 0.717) is 5.56 Å². The number of carbonyl (C=O) groups is 3. The second-order valence-electron chi connectivity index (χ2n) is 5.78. The normalized spacial score (nSPS) is 13.8. The average molecular weight is 332 g/mol. The van der Waals surface area contributed by atoms with Crippen LogP contribution < -0.4 is 15.5 Å². The number of hydrogen-bond acceptors (Lipinski definition) is 4. The van der Waals surface area contributed by atoms with Crippen LogP contribution in [0.3, 0.4) is 0 Å². The maximum absolute atomic E-state index is 12.1. The van der Waals surface area contributed by atoms with Gasteiger partial charge in [-0.15, -0.1) is 0 Å². The van der Waals surface area contributed by atoms with Gasteiger partial charge in [-0.3, -0.25) is 14.5 Å². The second-order valence-corrected chi connectivity index (χ2v) is 5.78. The summed E-state index contributed by atoms with van der Waals surface area (Å²) in [6.45, 7) is 3.57. The Morgan fingerprint density at radius 1 is 1.29 bits per heavy atom. The minimum absolute atomic E-state index is 0.0276. The number of rotatable bonds is 8. The first-order chi connectivity index (χ1) is 11.5. The molecule has 2 rings (SSSR count). The number of unbranched alkanes of at least 4 members (excludes halogenated alkanes) is 1. The highest BCUT2D eigenvalue weighted by Gasteiger charge is 2.27. The SMILES string of the molecule is CCCCN(C)c1ccc(C(=O)NCCN2C(=O)CNC2=O)cc1.